The molecule has 3 nitrogen and oxygen atoms in total. The second-order valence-corrected chi connectivity index (χ2v) is 9.63. The molecule has 4 rings (SSSR count). The van der Waals surface area contributed by atoms with Gasteiger partial charge in [0.05, 0.1) is 5.39 Å². The van der Waals surface area contributed by atoms with Crippen molar-refractivity contribution in [2.45, 2.75) is 46.5 Å². The van der Waals surface area contributed by atoms with E-state index in [-0.39, 0.29) is 11.0 Å². The van der Waals surface area contributed by atoms with E-state index in [0.29, 0.717) is 11.2 Å². The standard InChI is InChI=1S/C25H26N2OS/c1-6-19-20(16-10-12-18(13-11-16)25(3,4)5)21-23(28)26-22(27-24(21)29-19)17-9-7-8-15(2)14-17/h7-14H,6H2,1-5H3,(H,26,27,28). The van der Waals surface area contributed by atoms with Gasteiger partial charge in [-0.05, 0) is 36.0 Å². The maximum absolute atomic E-state index is 13.1. The van der Waals surface area contributed by atoms with Gasteiger partial charge in [0.15, 0.2) is 0 Å². The summed E-state index contributed by atoms with van der Waals surface area (Å²) >= 11 is 1.62. The first kappa shape index (κ1) is 19.6. The van der Waals surface area contributed by atoms with Crippen molar-refractivity contribution in [1.82, 2.24) is 9.97 Å². The van der Waals surface area contributed by atoms with Gasteiger partial charge in [-0.3, -0.25) is 4.79 Å². The van der Waals surface area contributed by atoms with Crippen molar-refractivity contribution < 1.29 is 0 Å². The maximum Gasteiger partial charge on any atom is 0.260 e. The van der Waals surface area contributed by atoms with Gasteiger partial charge in [-0.2, -0.15) is 0 Å². The zero-order valence-corrected chi connectivity index (χ0v) is 18.4. The van der Waals surface area contributed by atoms with E-state index in [2.05, 4.69) is 56.9 Å². The lowest BCUT2D eigenvalue weighted by atomic mass is 9.86. The molecule has 4 heteroatoms. The summed E-state index contributed by atoms with van der Waals surface area (Å²) in [7, 11) is 0. The molecular weight excluding hydrogens is 376 g/mol. The predicted octanol–water partition coefficient (Wildman–Crippen LogP) is 6.49. The summed E-state index contributed by atoms with van der Waals surface area (Å²) in [4.78, 5) is 23.0. The molecular formula is C25H26N2OS. The van der Waals surface area contributed by atoms with Crippen LogP contribution in [0.15, 0.2) is 53.3 Å². The Morgan fingerprint density at radius 2 is 1.76 bits per heavy atom. The van der Waals surface area contributed by atoms with Gasteiger partial charge in [-0.25, -0.2) is 4.98 Å². The van der Waals surface area contributed by atoms with Crippen molar-refractivity contribution in [2.24, 2.45) is 0 Å². The smallest absolute Gasteiger partial charge is 0.260 e. The molecule has 1 N–H and O–H groups in total. The zero-order chi connectivity index (χ0) is 20.8. The Morgan fingerprint density at radius 1 is 1.03 bits per heavy atom. The highest BCUT2D eigenvalue weighted by Gasteiger charge is 2.19. The molecule has 0 unspecified atom stereocenters. The fourth-order valence-corrected chi connectivity index (χ4v) is 4.81. The van der Waals surface area contributed by atoms with E-state index < -0.39 is 0 Å². The second-order valence-electron chi connectivity index (χ2n) is 8.55. The monoisotopic (exact) mass is 402 g/mol. The van der Waals surface area contributed by atoms with E-state index in [9.17, 15) is 4.79 Å². The summed E-state index contributed by atoms with van der Waals surface area (Å²) in [6.07, 6.45) is 0.872. The highest BCUT2D eigenvalue weighted by atomic mass is 32.1. The molecule has 0 fully saturated rings. The van der Waals surface area contributed by atoms with Crippen molar-refractivity contribution >= 4 is 21.6 Å². The number of fused-ring (bicyclic) bond motifs is 1. The minimum atomic E-state index is -0.0719. The molecule has 0 radical (unpaired) electrons. The molecule has 0 saturated heterocycles. The summed E-state index contributed by atoms with van der Waals surface area (Å²) < 4.78 is 0. The van der Waals surface area contributed by atoms with Gasteiger partial charge < -0.3 is 4.98 Å². The lowest BCUT2D eigenvalue weighted by Crippen LogP contribution is -2.11. The summed E-state index contributed by atoms with van der Waals surface area (Å²) in [6, 6.07) is 16.7. The number of nitrogens with one attached hydrogen (secondary N) is 1. The van der Waals surface area contributed by atoms with E-state index in [1.807, 2.05) is 31.2 Å². The van der Waals surface area contributed by atoms with Crippen LogP contribution in [0.25, 0.3) is 32.7 Å². The molecule has 0 atom stereocenters. The van der Waals surface area contributed by atoms with Crippen molar-refractivity contribution in [2.75, 3.05) is 0 Å². The van der Waals surface area contributed by atoms with Crippen molar-refractivity contribution in [1.29, 1.82) is 0 Å². The Kier molecular flexibility index (Phi) is 4.91. The van der Waals surface area contributed by atoms with Crippen LogP contribution in [0.3, 0.4) is 0 Å². The van der Waals surface area contributed by atoms with Crippen LogP contribution in [0.4, 0.5) is 0 Å². The number of H-pyrrole nitrogens is 1. The summed E-state index contributed by atoms with van der Waals surface area (Å²) in [5.41, 5.74) is 5.50. The molecule has 0 amide bonds. The Morgan fingerprint density at radius 3 is 2.38 bits per heavy atom. The van der Waals surface area contributed by atoms with Crippen molar-refractivity contribution in [3.8, 4) is 22.5 Å². The first-order valence-electron chi connectivity index (χ1n) is 10.0. The van der Waals surface area contributed by atoms with Crippen LogP contribution < -0.4 is 5.56 Å². The van der Waals surface area contributed by atoms with Gasteiger partial charge in [0.1, 0.15) is 10.7 Å². The summed E-state index contributed by atoms with van der Waals surface area (Å²) in [6.45, 7) is 10.8. The van der Waals surface area contributed by atoms with Crippen LogP contribution >= 0.6 is 11.3 Å². The van der Waals surface area contributed by atoms with Gasteiger partial charge >= 0.3 is 0 Å². The quantitative estimate of drug-likeness (QED) is 0.426. The SMILES string of the molecule is CCc1sc2nc(-c3cccc(C)c3)[nH]c(=O)c2c1-c1ccc(C(C)(C)C)cc1. The van der Waals surface area contributed by atoms with E-state index in [4.69, 9.17) is 4.98 Å². The van der Waals surface area contributed by atoms with Crippen LogP contribution in [-0.4, -0.2) is 9.97 Å². The molecule has 0 aliphatic carbocycles. The third kappa shape index (κ3) is 3.65. The number of rotatable bonds is 3. The lowest BCUT2D eigenvalue weighted by Gasteiger charge is -2.19. The van der Waals surface area contributed by atoms with Gasteiger partial charge in [-0.1, -0.05) is 75.7 Å². The first-order valence-corrected chi connectivity index (χ1v) is 10.8. The van der Waals surface area contributed by atoms with Crippen LogP contribution in [-0.2, 0) is 11.8 Å². The molecule has 2 heterocycles. The first-order chi connectivity index (χ1) is 13.8. The summed E-state index contributed by atoms with van der Waals surface area (Å²) in [5.74, 6) is 0.629. The normalized spacial score (nSPS) is 11.9. The Bertz CT molecular complexity index is 1240. The average molecular weight is 403 g/mol. The minimum Gasteiger partial charge on any atom is -0.306 e. The topological polar surface area (TPSA) is 45.8 Å². The third-order valence-corrected chi connectivity index (χ3v) is 6.52. The van der Waals surface area contributed by atoms with Gasteiger partial charge in [0.2, 0.25) is 0 Å². The molecule has 4 aromatic rings. The van der Waals surface area contributed by atoms with Gasteiger partial charge in [0.25, 0.3) is 5.56 Å². The molecule has 0 saturated carbocycles. The number of nitrogens with zero attached hydrogens (tertiary/aromatic N) is 1. The number of aromatic amines is 1. The molecule has 29 heavy (non-hydrogen) atoms. The summed E-state index contributed by atoms with van der Waals surface area (Å²) in [5, 5.41) is 0.701. The van der Waals surface area contributed by atoms with E-state index >= 15 is 0 Å². The van der Waals surface area contributed by atoms with Gasteiger partial charge in [0, 0.05) is 16.0 Å². The highest BCUT2D eigenvalue weighted by molar-refractivity contribution is 7.19. The fourth-order valence-electron chi connectivity index (χ4n) is 3.67. The molecule has 0 bridgehead atoms. The van der Waals surface area contributed by atoms with E-state index in [1.54, 1.807) is 11.3 Å². The Hall–Kier alpha value is -2.72. The number of hydrogen-bond acceptors (Lipinski definition) is 3. The molecule has 0 spiro atoms. The van der Waals surface area contributed by atoms with Crippen LogP contribution in [0, 0.1) is 6.92 Å². The Labute approximate surface area is 175 Å². The molecule has 148 valence electrons. The number of aromatic nitrogens is 2. The maximum atomic E-state index is 13.1. The van der Waals surface area contributed by atoms with Crippen LogP contribution in [0.5, 0.6) is 0 Å². The minimum absolute atomic E-state index is 0.0719. The van der Waals surface area contributed by atoms with Crippen LogP contribution in [0.2, 0.25) is 0 Å². The Balaban J connectivity index is 1.90. The molecule has 0 aliphatic heterocycles. The van der Waals surface area contributed by atoms with Crippen molar-refractivity contribution in [3.05, 3.63) is 74.9 Å². The predicted molar refractivity (Wildman–Crippen MR) is 124 cm³/mol. The number of hydrogen-bond donors (Lipinski definition) is 1. The molecule has 0 aliphatic rings. The molecule has 2 aromatic carbocycles. The third-order valence-electron chi connectivity index (χ3n) is 5.29. The van der Waals surface area contributed by atoms with E-state index in [1.165, 1.54) is 10.4 Å². The van der Waals surface area contributed by atoms with E-state index in [0.717, 1.165) is 33.5 Å². The van der Waals surface area contributed by atoms with Gasteiger partial charge in [-0.15, -0.1) is 11.3 Å². The van der Waals surface area contributed by atoms with Crippen LogP contribution in [0.1, 0.15) is 43.7 Å². The van der Waals surface area contributed by atoms with Crippen molar-refractivity contribution in [3.63, 3.8) is 0 Å². The molecule has 2 aromatic heterocycles. The average Bonchev–Trinajstić information content (AvgIpc) is 3.06. The zero-order valence-electron chi connectivity index (χ0n) is 17.6. The largest absolute Gasteiger partial charge is 0.306 e. The second kappa shape index (κ2) is 7.27. The lowest BCUT2D eigenvalue weighted by molar-refractivity contribution is 0.590. The highest BCUT2D eigenvalue weighted by Crippen LogP contribution is 2.38. The number of benzene rings is 2. The number of thiophene rings is 1. The number of aryl methyl sites for hydroxylation is 2. The fraction of sp³-hybridized carbons (Fsp3) is 0.280.